The Morgan fingerprint density at radius 2 is 1.92 bits per heavy atom. The number of hydrogen-bond donors (Lipinski definition) is 1. The van der Waals surface area contributed by atoms with E-state index in [4.69, 9.17) is 4.74 Å². The molecule has 0 aliphatic carbocycles. The average Bonchev–Trinajstić information content (AvgIpc) is 3.46. The number of nitrogens with zero attached hydrogens (tertiary/aromatic N) is 7. The van der Waals surface area contributed by atoms with Gasteiger partial charge in [-0.25, -0.2) is 19.3 Å². The predicted molar refractivity (Wildman–Crippen MR) is 137 cm³/mol. The molecule has 2 aliphatic rings. The summed E-state index contributed by atoms with van der Waals surface area (Å²) in [4.78, 5) is 39.7. The molecule has 2 fully saturated rings. The molecular weight excluding hydrogens is 460 g/mol. The van der Waals surface area contributed by atoms with E-state index in [0.717, 1.165) is 30.0 Å². The minimum atomic E-state index is -0.300. The predicted octanol–water partition coefficient (Wildman–Crippen LogP) is 2.29. The summed E-state index contributed by atoms with van der Waals surface area (Å²) in [6.45, 7) is 9.09. The van der Waals surface area contributed by atoms with E-state index in [2.05, 4.69) is 34.2 Å². The van der Waals surface area contributed by atoms with Crippen LogP contribution < -0.4 is 5.32 Å². The molecule has 2 aromatic heterocycles. The maximum atomic E-state index is 12.8. The molecule has 2 amide bonds. The summed E-state index contributed by atoms with van der Waals surface area (Å²) in [5.74, 6) is 1.68. The zero-order valence-corrected chi connectivity index (χ0v) is 22.0. The molecule has 11 nitrogen and oxygen atoms in total. The van der Waals surface area contributed by atoms with Crippen LogP contribution in [0.5, 0.6) is 0 Å². The van der Waals surface area contributed by atoms with E-state index in [1.807, 2.05) is 42.7 Å². The summed E-state index contributed by atoms with van der Waals surface area (Å²) in [5.41, 5.74) is 1.77. The zero-order valence-electron chi connectivity index (χ0n) is 22.0. The van der Waals surface area contributed by atoms with Crippen molar-refractivity contribution in [1.29, 1.82) is 0 Å². The first-order chi connectivity index (χ1) is 17.2. The molecule has 196 valence electrons. The summed E-state index contributed by atoms with van der Waals surface area (Å²) >= 11 is 0. The van der Waals surface area contributed by atoms with Gasteiger partial charge in [-0.1, -0.05) is 19.9 Å². The molecular formula is C25H38N8O3. The first-order valence-corrected chi connectivity index (χ1v) is 12.8. The van der Waals surface area contributed by atoms with Gasteiger partial charge in [0, 0.05) is 44.7 Å². The van der Waals surface area contributed by atoms with Gasteiger partial charge in [0.15, 0.2) is 11.5 Å². The van der Waals surface area contributed by atoms with Crippen LogP contribution in [0.1, 0.15) is 50.5 Å². The van der Waals surface area contributed by atoms with Gasteiger partial charge in [0.05, 0.1) is 18.4 Å². The topological polar surface area (TPSA) is 108 Å². The summed E-state index contributed by atoms with van der Waals surface area (Å²) in [7, 11) is 3.91. The lowest BCUT2D eigenvalue weighted by Gasteiger charge is -2.32. The molecule has 4 rings (SSSR count). The van der Waals surface area contributed by atoms with Crippen LogP contribution in [0.4, 0.5) is 10.6 Å². The number of aryl methyl sites for hydroxylation is 1. The largest absolute Gasteiger partial charge is 0.444 e. The van der Waals surface area contributed by atoms with Gasteiger partial charge in [0.2, 0.25) is 5.91 Å². The second kappa shape index (κ2) is 11.2. The Kier molecular flexibility index (Phi) is 8.07. The molecule has 0 unspecified atom stereocenters. The monoisotopic (exact) mass is 498 g/mol. The van der Waals surface area contributed by atoms with Crippen LogP contribution in [0.15, 0.2) is 18.3 Å². The molecule has 1 N–H and O–H groups in total. The highest BCUT2D eigenvalue weighted by Gasteiger charge is 2.31. The van der Waals surface area contributed by atoms with Crippen LogP contribution in [0.25, 0.3) is 5.65 Å². The number of likely N-dealkylation sites (N-methyl/N-ethyl adjacent to an activating group) is 1. The number of carbonyl (C=O) groups is 2. The van der Waals surface area contributed by atoms with Gasteiger partial charge in [-0.2, -0.15) is 5.10 Å². The maximum absolute atomic E-state index is 12.8. The van der Waals surface area contributed by atoms with Gasteiger partial charge in [-0.15, -0.1) is 0 Å². The van der Waals surface area contributed by atoms with Gasteiger partial charge in [-0.05, 0) is 39.8 Å². The number of nitrogens with one attached hydrogen (secondary N) is 1. The first-order valence-electron chi connectivity index (χ1n) is 12.8. The number of rotatable bonds is 7. The molecule has 0 aromatic carbocycles. The van der Waals surface area contributed by atoms with Crippen molar-refractivity contribution in [2.75, 3.05) is 52.1 Å². The molecule has 0 spiro atoms. The summed E-state index contributed by atoms with van der Waals surface area (Å²) < 4.78 is 7.60. The average molecular weight is 499 g/mol. The van der Waals surface area contributed by atoms with Crippen molar-refractivity contribution < 1.29 is 14.3 Å². The third-order valence-corrected chi connectivity index (χ3v) is 6.64. The SMILES string of the molecule is Cc1nc(NC2CCN(C(=O)O[C@H]3CCN(C(=O)/C=C/CN(C)C)C3)CC2)c2ncc(C(C)C)n2n1. The summed E-state index contributed by atoms with van der Waals surface area (Å²) in [5, 5.41) is 8.06. The third-order valence-electron chi connectivity index (χ3n) is 6.64. The molecule has 4 heterocycles. The van der Waals surface area contributed by atoms with Crippen LogP contribution in [-0.4, -0.2) is 105 Å². The number of likely N-dealkylation sites (tertiary alicyclic amines) is 2. The fraction of sp³-hybridized carbons (Fsp3) is 0.640. The van der Waals surface area contributed by atoms with Crippen molar-refractivity contribution in [2.45, 2.75) is 58.1 Å². The van der Waals surface area contributed by atoms with Crippen molar-refractivity contribution in [3.63, 3.8) is 0 Å². The van der Waals surface area contributed by atoms with E-state index in [1.54, 1.807) is 15.9 Å². The molecule has 1 atom stereocenters. The molecule has 2 aliphatic heterocycles. The van der Waals surface area contributed by atoms with Crippen LogP contribution in [0, 0.1) is 6.92 Å². The molecule has 36 heavy (non-hydrogen) atoms. The van der Waals surface area contributed by atoms with Crippen molar-refractivity contribution in [2.24, 2.45) is 0 Å². The third kappa shape index (κ3) is 6.13. The summed E-state index contributed by atoms with van der Waals surface area (Å²) in [6, 6.07) is 0.180. The Bertz CT molecular complexity index is 1100. The van der Waals surface area contributed by atoms with E-state index in [-0.39, 0.29) is 24.1 Å². The number of amides is 2. The quantitative estimate of drug-likeness (QED) is 0.580. The number of piperidine rings is 1. The Morgan fingerprint density at radius 1 is 1.19 bits per heavy atom. The van der Waals surface area contributed by atoms with Crippen LogP contribution in [-0.2, 0) is 9.53 Å². The maximum Gasteiger partial charge on any atom is 0.410 e. The minimum Gasteiger partial charge on any atom is -0.444 e. The van der Waals surface area contributed by atoms with E-state index in [0.29, 0.717) is 50.9 Å². The van der Waals surface area contributed by atoms with E-state index >= 15 is 0 Å². The Labute approximate surface area is 212 Å². The van der Waals surface area contributed by atoms with E-state index in [9.17, 15) is 9.59 Å². The van der Waals surface area contributed by atoms with Gasteiger partial charge < -0.3 is 24.8 Å². The number of carbonyl (C=O) groups excluding carboxylic acids is 2. The second-order valence-corrected chi connectivity index (χ2v) is 10.2. The van der Waals surface area contributed by atoms with Crippen molar-refractivity contribution in [1.82, 2.24) is 34.3 Å². The number of ether oxygens (including phenoxy) is 1. The molecule has 0 radical (unpaired) electrons. The van der Waals surface area contributed by atoms with Crippen LogP contribution >= 0.6 is 0 Å². The number of aromatic nitrogens is 4. The number of hydrogen-bond acceptors (Lipinski definition) is 8. The lowest BCUT2D eigenvalue weighted by Crippen LogP contribution is -2.44. The highest BCUT2D eigenvalue weighted by atomic mass is 16.6. The second-order valence-electron chi connectivity index (χ2n) is 10.2. The Hall–Kier alpha value is -3.21. The Morgan fingerprint density at radius 3 is 2.61 bits per heavy atom. The smallest absolute Gasteiger partial charge is 0.410 e. The fourth-order valence-electron chi connectivity index (χ4n) is 4.61. The molecule has 2 aromatic rings. The minimum absolute atomic E-state index is 0.0330. The Balaban J connectivity index is 1.26. The number of fused-ring (bicyclic) bond motifs is 1. The van der Waals surface area contributed by atoms with Gasteiger partial charge in [0.1, 0.15) is 11.9 Å². The number of imidazole rings is 1. The van der Waals surface area contributed by atoms with Gasteiger partial charge in [0.25, 0.3) is 0 Å². The molecule has 11 heteroatoms. The molecule has 0 bridgehead atoms. The first kappa shape index (κ1) is 25.9. The molecule has 0 saturated carbocycles. The van der Waals surface area contributed by atoms with Gasteiger partial charge >= 0.3 is 6.09 Å². The molecule has 2 saturated heterocycles. The standard InChI is InChI=1S/C25H38N8O3/c1-17(2)21-15-26-24-23(27-18(3)29-33(21)24)28-19-8-12-31(13-9-19)25(35)36-20-10-14-32(16-20)22(34)7-6-11-30(4)5/h6-7,15,17,19-20H,8-14,16H2,1-5H3,(H,27,28,29)/b7-6+/t20-/m0/s1. The summed E-state index contributed by atoms with van der Waals surface area (Å²) in [6.07, 6.45) is 6.99. The van der Waals surface area contributed by atoms with E-state index < -0.39 is 0 Å². The lowest BCUT2D eigenvalue weighted by atomic mass is 10.1. The van der Waals surface area contributed by atoms with E-state index in [1.165, 1.54) is 0 Å². The fourth-order valence-corrected chi connectivity index (χ4v) is 4.61. The normalized spacial score (nSPS) is 19.2. The number of anilines is 1. The lowest BCUT2D eigenvalue weighted by molar-refractivity contribution is -0.125. The van der Waals surface area contributed by atoms with Crippen molar-refractivity contribution in [3.05, 3.63) is 29.9 Å². The van der Waals surface area contributed by atoms with Crippen LogP contribution in [0.3, 0.4) is 0 Å². The van der Waals surface area contributed by atoms with Crippen molar-refractivity contribution >= 4 is 23.5 Å². The van der Waals surface area contributed by atoms with Crippen LogP contribution in [0.2, 0.25) is 0 Å². The highest BCUT2D eigenvalue weighted by Crippen LogP contribution is 2.23. The zero-order chi connectivity index (χ0) is 25.8. The van der Waals surface area contributed by atoms with Crippen molar-refractivity contribution in [3.8, 4) is 0 Å². The highest BCUT2D eigenvalue weighted by molar-refractivity contribution is 5.87. The van der Waals surface area contributed by atoms with Gasteiger partial charge in [-0.3, -0.25) is 4.79 Å².